The highest BCUT2D eigenvalue weighted by Crippen LogP contribution is 2.33. The molecule has 1 aliphatic heterocycles. The lowest BCUT2D eigenvalue weighted by atomic mass is 9.96. The first kappa shape index (κ1) is 19.0. The first-order valence-corrected chi connectivity index (χ1v) is 7.79. The fraction of sp³-hybridized carbons (Fsp3) is 0.562. The molecule has 2 atom stereocenters. The number of methoxy groups -OCH3 is 1. The quantitative estimate of drug-likeness (QED) is 0.897. The highest BCUT2D eigenvalue weighted by Gasteiger charge is 2.48. The van der Waals surface area contributed by atoms with Gasteiger partial charge in [-0.05, 0) is 25.8 Å². The fourth-order valence-corrected chi connectivity index (χ4v) is 2.97. The Balaban J connectivity index is 2.33. The maximum absolute atomic E-state index is 13.4. The molecule has 1 aromatic rings. The van der Waals surface area contributed by atoms with Crippen molar-refractivity contribution in [2.45, 2.75) is 44.9 Å². The Labute approximate surface area is 143 Å². The van der Waals surface area contributed by atoms with Crippen LogP contribution in [0.2, 0.25) is 0 Å². The molecule has 6 nitrogen and oxygen atoms in total. The van der Waals surface area contributed by atoms with Crippen molar-refractivity contribution < 1.29 is 27.5 Å². The number of alkyl halides is 3. The van der Waals surface area contributed by atoms with Crippen LogP contribution >= 0.6 is 0 Å². The minimum atomic E-state index is -4.54. The van der Waals surface area contributed by atoms with E-state index in [0.29, 0.717) is 5.69 Å². The van der Waals surface area contributed by atoms with Crippen LogP contribution in [0, 0.1) is 6.92 Å². The maximum Gasteiger partial charge on any atom is 0.408 e. The van der Waals surface area contributed by atoms with Gasteiger partial charge in [0.15, 0.2) is 0 Å². The van der Waals surface area contributed by atoms with Crippen molar-refractivity contribution >= 4 is 11.8 Å². The molecule has 9 heteroatoms. The lowest BCUT2D eigenvalue weighted by molar-refractivity contribution is -0.184. The molecule has 0 bridgehead atoms. The van der Waals surface area contributed by atoms with Crippen molar-refractivity contribution in [3.8, 4) is 5.88 Å². The van der Waals surface area contributed by atoms with Crippen molar-refractivity contribution in [1.29, 1.82) is 0 Å². The molecule has 1 aliphatic rings. The average molecular weight is 359 g/mol. The Bertz CT molecular complexity index is 664. The van der Waals surface area contributed by atoms with Crippen molar-refractivity contribution in [3.63, 3.8) is 0 Å². The van der Waals surface area contributed by atoms with Gasteiger partial charge >= 0.3 is 6.18 Å². The van der Waals surface area contributed by atoms with Gasteiger partial charge in [-0.2, -0.15) is 13.2 Å². The molecule has 0 saturated carbocycles. The van der Waals surface area contributed by atoms with Gasteiger partial charge in [-0.15, -0.1) is 0 Å². The van der Waals surface area contributed by atoms with Gasteiger partial charge in [0.25, 0.3) is 5.91 Å². The van der Waals surface area contributed by atoms with Crippen LogP contribution in [-0.2, 0) is 4.79 Å². The number of hydrogen-bond acceptors (Lipinski definition) is 4. The standard InChI is InChI=1S/C16H20F3N3O3/c1-9-6-11(7-14(20-9)25-3)15(24)22-8-12(21-10(2)23)4-5-13(22)16(17,18)19/h6-7,12-13H,4-5,8H2,1-3H3,(H,21,23)/t12-,13+/m1/s1. The van der Waals surface area contributed by atoms with E-state index in [-0.39, 0.29) is 36.7 Å². The number of carbonyl (C=O) groups excluding carboxylic acids is 2. The average Bonchev–Trinajstić information content (AvgIpc) is 2.51. The summed E-state index contributed by atoms with van der Waals surface area (Å²) in [6, 6.07) is 0.333. The smallest absolute Gasteiger partial charge is 0.408 e. The van der Waals surface area contributed by atoms with Gasteiger partial charge in [0.2, 0.25) is 11.8 Å². The monoisotopic (exact) mass is 359 g/mol. The third-order valence-corrected chi connectivity index (χ3v) is 4.01. The molecule has 138 valence electrons. The van der Waals surface area contributed by atoms with E-state index in [9.17, 15) is 22.8 Å². The van der Waals surface area contributed by atoms with E-state index in [1.165, 1.54) is 26.2 Å². The van der Waals surface area contributed by atoms with E-state index >= 15 is 0 Å². The fourth-order valence-electron chi connectivity index (χ4n) is 2.97. The molecule has 1 aromatic heterocycles. The SMILES string of the molecule is COc1cc(C(=O)N2C[C@H](NC(C)=O)CC[C@H]2C(F)(F)F)cc(C)n1. The summed E-state index contributed by atoms with van der Waals surface area (Å²) in [7, 11) is 1.36. The van der Waals surface area contributed by atoms with E-state index in [4.69, 9.17) is 4.74 Å². The van der Waals surface area contributed by atoms with Crippen molar-refractivity contribution in [3.05, 3.63) is 23.4 Å². The summed E-state index contributed by atoms with van der Waals surface area (Å²) in [6.07, 6.45) is -4.64. The zero-order valence-corrected chi connectivity index (χ0v) is 14.2. The minimum Gasteiger partial charge on any atom is -0.481 e. The van der Waals surface area contributed by atoms with Gasteiger partial charge in [0.05, 0.1) is 7.11 Å². The van der Waals surface area contributed by atoms with Crippen molar-refractivity contribution in [2.24, 2.45) is 0 Å². The number of hydrogen-bond donors (Lipinski definition) is 1. The van der Waals surface area contributed by atoms with Gasteiger partial charge in [-0.1, -0.05) is 0 Å². The minimum absolute atomic E-state index is 0.0714. The molecule has 0 radical (unpaired) electrons. The van der Waals surface area contributed by atoms with Crippen LogP contribution in [0.15, 0.2) is 12.1 Å². The van der Waals surface area contributed by atoms with Gasteiger partial charge in [-0.25, -0.2) is 4.98 Å². The number of aryl methyl sites for hydroxylation is 1. The molecule has 2 rings (SSSR count). The number of amides is 2. The second-order valence-electron chi connectivity index (χ2n) is 6.03. The first-order valence-electron chi connectivity index (χ1n) is 7.79. The Morgan fingerprint density at radius 3 is 2.56 bits per heavy atom. The number of nitrogens with zero attached hydrogens (tertiary/aromatic N) is 2. The maximum atomic E-state index is 13.4. The molecular formula is C16H20F3N3O3. The number of halogens is 3. The summed E-state index contributed by atoms with van der Waals surface area (Å²) >= 11 is 0. The predicted octanol–water partition coefficient (Wildman–Crippen LogP) is 2.07. The summed E-state index contributed by atoms with van der Waals surface area (Å²) in [5, 5.41) is 2.59. The highest BCUT2D eigenvalue weighted by molar-refractivity contribution is 5.95. The molecule has 2 amide bonds. The second-order valence-corrected chi connectivity index (χ2v) is 6.03. The van der Waals surface area contributed by atoms with E-state index in [1.807, 2.05) is 0 Å². The van der Waals surface area contributed by atoms with E-state index in [1.54, 1.807) is 6.92 Å². The molecule has 0 unspecified atom stereocenters. The van der Waals surface area contributed by atoms with E-state index in [2.05, 4.69) is 10.3 Å². The number of ether oxygens (including phenoxy) is 1. The number of piperidine rings is 1. The van der Waals surface area contributed by atoms with Crippen LogP contribution in [0.1, 0.15) is 35.8 Å². The Morgan fingerprint density at radius 1 is 1.32 bits per heavy atom. The predicted molar refractivity (Wildman–Crippen MR) is 83.2 cm³/mol. The lowest BCUT2D eigenvalue weighted by Crippen LogP contribution is -2.58. The topological polar surface area (TPSA) is 71.5 Å². The zero-order chi connectivity index (χ0) is 18.8. The molecule has 0 spiro atoms. The van der Waals surface area contributed by atoms with Crippen LogP contribution in [-0.4, -0.2) is 53.6 Å². The van der Waals surface area contributed by atoms with Gasteiger partial charge in [-0.3, -0.25) is 9.59 Å². The molecule has 1 N–H and O–H groups in total. The van der Waals surface area contributed by atoms with Crippen LogP contribution in [0.25, 0.3) is 0 Å². The van der Waals surface area contributed by atoms with E-state index in [0.717, 1.165) is 4.90 Å². The molecule has 1 saturated heterocycles. The second kappa shape index (κ2) is 7.28. The molecule has 0 aliphatic carbocycles. The number of pyridine rings is 1. The largest absolute Gasteiger partial charge is 0.481 e. The van der Waals surface area contributed by atoms with E-state index < -0.39 is 24.2 Å². The number of likely N-dealkylation sites (tertiary alicyclic amines) is 1. The lowest BCUT2D eigenvalue weighted by Gasteiger charge is -2.40. The molecule has 25 heavy (non-hydrogen) atoms. The Kier molecular flexibility index (Phi) is 5.54. The van der Waals surface area contributed by atoms with Gasteiger partial charge in [0, 0.05) is 36.8 Å². The summed E-state index contributed by atoms with van der Waals surface area (Å²) < 4.78 is 45.1. The first-order chi connectivity index (χ1) is 11.6. The normalized spacial score (nSPS) is 21.0. The highest BCUT2D eigenvalue weighted by atomic mass is 19.4. The number of rotatable bonds is 3. The van der Waals surface area contributed by atoms with Crippen LogP contribution in [0.3, 0.4) is 0 Å². The summed E-state index contributed by atoms with van der Waals surface area (Å²) in [5.74, 6) is -0.951. The molecule has 2 heterocycles. The molecule has 1 fully saturated rings. The Morgan fingerprint density at radius 2 is 2.00 bits per heavy atom. The number of nitrogens with one attached hydrogen (secondary N) is 1. The molecular weight excluding hydrogens is 339 g/mol. The van der Waals surface area contributed by atoms with Crippen molar-refractivity contribution in [1.82, 2.24) is 15.2 Å². The summed E-state index contributed by atoms with van der Waals surface area (Å²) in [4.78, 5) is 28.7. The molecule has 0 aromatic carbocycles. The van der Waals surface area contributed by atoms with Crippen LogP contribution in [0.5, 0.6) is 5.88 Å². The van der Waals surface area contributed by atoms with Crippen LogP contribution < -0.4 is 10.1 Å². The number of carbonyl (C=O) groups is 2. The van der Waals surface area contributed by atoms with Crippen molar-refractivity contribution in [2.75, 3.05) is 13.7 Å². The third kappa shape index (κ3) is 4.61. The zero-order valence-electron chi connectivity index (χ0n) is 14.2. The van der Waals surface area contributed by atoms with Gasteiger partial charge < -0.3 is 15.0 Å². The Hall–Kier alpha value is -2.32. The third-order valence-electron chi connectivity index (χ3n) is 4.01. The van der Waals surface area contributed by atoms with Gasteiger partial charge in [0.1, 0.15) is 6.04 Å². The summed E-state index contributed by atoms with van der Waals surface area (Å²) in [5.41, 5.74) is 0.531. The number of aromatic nitrogens is 1. The summed E-state index contributed by atoms with van der Waals surface area (Å²) in [6.45, 7) is 2.71. The van der Waals surface area contributed by atoms with Crippen LogP contribution in [0.4, 0.5) is 13.2 Å².